The number of aliphatic hydroxyl groups is 2. The molecular formula is C15H28N2O4. The minimum absolute atomic E-state index is 0.0262. The van der Waals surface area contributed by atoms with E-state index in [0.717, 1.165) is 0 Å². The molecule has 0 rings (SSSR count). The van der Waals surface area contributed by atoms with Gasteiger partial charge in [0.25, 0.3) is 0 Å². The van der Waals surface area contributed by atoms with Gasteiger partial charge in [-0.05, 0) is 19.3 Å². The molecule has 6 heteroatoms. The number of rotatable bonds is 10. The lowest BCUT2D eigenvalue weighted by atomic mass is 9.97. The van der Waals surface area contributed by atoms with Crippen LogP contribution in [-0.4, -0.2) is 47.3 Å². The molecule has 0 spiro atoms. The second kappa shape index (κ2) is 10.3. The van der Waals surface area contributed by atoms with Gasteiger partial charge in [0, 0.05) is 12.5 Å². The molecule has 21 heavy (non-hydrogen) atoms. The topological polar surface area (TPSA) is 98.7 Å². The van der Waals surface area contributed by atoms with Crippen molar-refractivity contribution < 1.29 is 19.8 Å². The van der Waals surface area contributed by atoms with Crippen molar-refractivity contribution in [2.75, 3.05) is 13.2 Å². The molecule has 0 aromatic carbocycles. The quantitative estimate of drug-likeness (QED) is 0.433. The maximum absolute atomic E-state index is 12.2. The van der Waals surface area contributed by atoms with Crippen molar-refractivity contribution in [1.82, 2.24) is 10.6 Å². The molecule has 0 aliphatic rings. The van der Waals surface area contributed by atoms with Crippen LogP contribution in [0.4, 0.5) is 0 Å². The molecule has 2 amide bonds. The normalized spacial score (nSPS) is 15.1. The Labute approximate surface area is 126 Å². The number of hydrogen-bond acceptors (Lipinski definition) is 4. The molecule has 0 unspecified atom stereocenters. The number of nitrogens with one attached hydrogen (secondary N) is 2. The highest BCUT2D eigenvalue weighted by atomic mass is 16.3. The van der Waals surface area contributed by atoms with Crippen molar-refractivity contribution in [1.29, 1.82) is 0 Å². The van der Waals surface area contributed by atoms with E-state index in [4.69, 9.17) is 5.11 Å². The van der Waals surface area contributed by atoms with Gasteiger partial charge in [0.1, 0.15) is 0 Å². The van der Waals surface area contributed by atoms with Gasteiger partial charge in [0.2, 0.25) is 11.8 Å². The zero-order valence-electron chi connectivity index (χ0n) is 13.1. The molecule has 0 radical (unpaired) electrons. The lowest BCUT2D eigenvalue weighted by Gasteiger charge is -2.23. The van der Waals surface area contributed by atoms with Crippen molar-refractivity contribution >= 4 is 11.8 Å². The van der Waals surface area contributed by atoms with Gasteiger partial charge in [-0.1, -0.05) is 19.9 Å². The fraction of sp³-hybridized carbons (Fsp3) is 0.733. The molecule has 0 fully saturated rings. The molecule has 6 nitrogen and oxygen atoms in total. The smallest absolute Gasteiger partial charge is 0.224 e. The van der Waals surface area contributed by atoms with Gasteiger partial charge < -0.3 is 20.8 Å². The number of allylic oxidation sites excluding steroid dienone is 1. The summed E-state index contributed by atoms with van der Waals surface area (Å²) >= 11 is 0. The predicted molar refractivity (Wildman–Crippen MR) is 81.5 cm³/mol. The summed E-state index contributed by atoms with van der Waals surface area (Å²) in [6.07, 6.45) is 2.00. The summed E-state index contributed by atoms with van der Waals surface area (Å²) in [6.45, 7) is 8.80. The highest BCUT2D eigenvalue weighted by molar-refractivity contribution is 5.86. The van der Waals surface area contributed by atoms with Crippen molar-refractivity contribution in [3.05, 3.63) is 12.7 Å². The van der Waals surface area contributed by atoms with Crippen LogP contribution in [0.1, 0.15) is 33.6 Å². The van der Waals surface area contributed by atoms with Gasteiger partial charge in [-0.3, -0.25) is 9.59 Å². The molecule has 0 saturated carbocycles. The fourth-order valence-electron chi connectivity index (χ4n) is 1.81. The third kappa shape index (κ3) is 7.82. The summed E-state index contributed by atoms with van der Waals surface area (Å²) in [5.74, 6) is -0.981. The molecule has 0 aliphatic carbocycles. The van der Waals surface area contributed by atoms with E-state index in [1.807, 2.05) is 13.8 Å². The molecule has 0 saturated heterocycles. The summed E-state index contributed by atoms with van der Waals surface area (Å²) < 4.78 is 0. The lowest BCUT2D eigenvalue weighted by molar-refractivity contribution is -0.131. The van der Waals surface area contributed by atoms with E-state index in [1.54, 1.807) is 13.0 Å². The van der Waals surface area contributed by atoms with Crippen molar-refractivity contribution in [2.45, 2.75) is 45.7 Å². The number of aliphatic hydroxyl groups excluding tert-OH is 2. The Hall–Kier alpha value is -1.40. The van der Waals surface area contributed by atoms with E-state index in [0.29, 0.717) is 6.42 Å². The maximum Gasteiger partial charge on any atom is 0.224 e. The summed E-state index contributed by atoms with van der Waals surface area (Å²) in [5.41, 5.74) is 0. The average Bonchev–Trinajstić information content (AvgIpc) is 2.43. The van der Waals surface area contributed by atoms with Gasteiger partial charge >= 0.3 is 0 Å². The van der Waals surface area contributed by atoms with Crippen molar-refractivity contribution in [3.63, 3.8) is 0 Å². The maximum atomic E-state index is 12.2. The first-order chi connectivity index (χ1) is 9.85. The van der Waals surface area contributed by atoms with Gasteiger partial charge in [-0.15, -0.1) is 6.58 Å². The van der Waals surface area contributed by atoms with E-state index >= 15 is 0 Å². The Balaban J connectivity index is 4.62. The van der Waals surface area contributed by atoms with Crippen molar-refractivity contribution in [2.24, 2.45) is 11.8 Å². The standard InChI is InChI=1S/C15H28N2O4/c1-5-6-12(7-14(20)16-11(4)8-18)15(21)17-13(9-19)10(2)3/h5,10-13,18-19H,1,6-9H2,2-4H3,(H,16,20)(H,17,21)/t11-,12-,13+/m0/s1. The Morgan fingerprint density at radius 3 is 2.19 bits per heavy atom. The second-order valence-electron chi connectivity index (χ2n) is 5.62. The van der Waals surface area contributed by atoms with E-state index in [9.17, 15) is 14.7 Å². The zero-order chi connectivity index (χ0) is 16.4. The SMILES string of the molecule is C=CC[C@@H](CC(=O)N[C@@H](C)CO)C(=O)N[C@H](CO)C(C)C. The van der Waals surface area contributed by atoms with Crippen LogP contribution in [0.2, 0.25) is 0 Å². The molecule has 4 N–H and O–H groups in total. The minimum atomic E-state index is -0.527. The number of carbonyl (C=O) groups is 2. The molecule has 0 bridgehead atoms. The predicted octanol–water partition coefficient (Wildman–Crippen LogP) is 0.199. The molecular weight excluding hydrogens is 272 g/mol. The van der Waals surface area contributed by atoms with E-state index in [1.165, 1.54) is 0 Å². The van der Waals surface area contributed by atoms with Gasteiger partial charge in [-0.25, -0.2) is 0 Å². The Morgan fingerprint density at radius 2 is 1.76 bits per heavy atom. The second-order valence-corrected chi connectivity index (χ2v) is 5.62. The van der Waals surface area contributed by atoms with Gasteiger partial charge in [0.15, 0.2) is 0 Å². The highest BCUT2D eigenvalue weighted by Crippen LogP contribution is 2.12. The largest absolute Gasteiger partial charge is 0.394 e. The molecule has 3 atom stereocenters. The highest BCUT2D eigenvalue weighted by Gasteiger charge is 2.24. The van der Waals surface area contributed by atoms with Crippen LogP contribution in [0.15, 0.2) is 12.7 Å². The summed E-state index contributed by atoms with van der Waals surface area (Å²) in [4.78, 5) is 24.0. The molecule has 0 aromatic heterocycles. The Morgan fingerprint density at radius 1 is 1.14 bits per heavy atom. The summed E-state index contributed by atoms with van der Waals surface area (Å²) in [6, 6.07) is -0.671. The van der Waals surface area contributed by atoms with Gasteiger partial charge in [0.05, 0.1) is 25.2 Å². The van der Waals surface area contributed by atoms with Crippen LogP contribution in [0.3, 0.4) is 0 Å². The summed E-state index contributed by atoms with van der Waals surface area (Å²) in [7, 11) is 0. The average molecular weight is 300 g/mol. The molecule has 0 heterocycles. The Kier molecular flexibility index (Phi) is 9.65. The number of amides is 2. The van der Waals surface area contributed by atoms with Crippen LogP contribution in [0.5, 0.6) is 0 Å². The van der Waals surface area contributed by atoms with Crippen LogP contribution in [-0.2, 0) is 9.59 Å². The molecule has 0 aliphatic heterocycles. The zero-order valence-corrected chi connectivity index (χ0v) is 13.1. The first-order valence-corrected chi connectivity index (χ1v) is 7.28. The lowest BCUT2D eigenvalue weighted by Crippen LogP contribution is -2.45. The monoisotopic (exact) mass is 300 g/mol. The Bertz CT molecular complexity index is 345. The summed E-state index contributed by atoms with van der Waals surface area (Å²) in [5, 5.41) is 23.5. The first kappa shape index (κ1) is 19.6. The van der Waals surface area contributed by atoms with Crippen molar-refractivity contribution in [3.8, 4) is 0 Å². The van der Waals surface area contributed by atoms with E-state index < -0.39 is 5.92 Å². The van der Waals surface area contributed by atoms with Crippen LogP contribution >= 0.6 is 0 Å². The van der Waals surface area contributed by atoms with Crippen LogP contribution in [0.25, 0.3) is 0 Å². The third-order valence-corrected chi connectivity index (χ3v) is 3.26. The molecule has 0 aromatic rings. The first-order valence-electron chi connectivity index (χ1n) is 7.28. The fourth-order valence-corrected chi connectivity index (χ4v) is 1.81. The number of carbonyl (C=O) groups excluding carboxylic acids is 2. The number of hydrogen-bond donors (Lipinski definition) is 4. The van der Waals surface area contributed by atoms with E-state index in [2.05, 4.69) is 17.2 Å². The third-order valence-electron chi connectivity index (χ3n) is 3.26. The molecule has 122 valence electrons. The minimum Gasteiger partial charge on any atom is -0.394 e. The van der Waals surface area contributed by atoms with Gasteiger partial charge in [-0.2, -0.15) is 0 Å². The van der Waals surface area contributed by atoms with Crippen LogP contribution in [0, 0.1) is 11.8 Å². The van der Waals surface area contributed by atoms with E-state index in [-0.39, 0.29) is 49.5 Å². The van der Waals surface area contributed by atoms with Crippen LogP contribution < -0.4 is 10.6 Å².